The van der Waals surface area contributed by atoms with Crippen LogP contribution in [0, 0.1) is 5.21 Å². The summed E-state index contributed by atoms with van der Waals surface area (Å²) in [7, 11) is 1.63. The largest absolute Gasteiger partial charge is 0.627 e. The summed E-state index contributed by atoms with van der Waals surface area (Å²) in [6.07, 6.45) is 1.04. The second kappa shape index (κ2) is 3.01. The van der Waals surface area contributed by atoms with E-state index in [1.807, 2.05) is 24.3 Å². The Kier molecular flexibility index (Phi) is 1.98. The van der Waals surface area contributed by atoms with Crippen LogP contribution < -0.4 is 9.38 Å². The van der Waals surface area contributed by atoms with Crippen molar-refractivity contribution in [1.29, 1.82) is 0 Å². The Balaban J connectivity index is 2.22. The van der Waals surface area contributed by atoms with Crippen molar-refractivity contribution < 1.29 is 4.74 Å². The first-order chi connectivity index (χ1) is 6.24. The van der Waals surface area contributed by atoms with E-state index in [9.17, 15) is 5.21 Å². The van der Waals surface area contributed by atoms with Gasteiger partial charge >= 0.3 is 0 Å². The van der Waals surface area contributed by atoms with Crippen LogP contribution in [0.4, 0.5) is 5.69 Å². The quantitative estimate of drug-likeness (QED) is 0.513. The summed E-state index contributed by atoms with van der Waals surface area (Å²) in [5.74, 6) is 0.802. The lowest BCUT2D eigenvalue weighted by Crippen LogP contribution is -2.54. The number of hydrogen-bond donors (Lipinski definition) is 0. The molecule has 0 aliphatic carbocycles. The van der Waals surface area contributed by atoms with E-state index in [-0.39, 0.29) is 4.65 Å². The summed E-state index contributed by atoms with van der Waals surface area (Å²) in [4.78, 5) is 0. The maximum Gasteiger partial charge on any atom is 0.133 e. The number of methoxy groups -OCH3 is 1. The molecule has 1 fully saturated rings. The van der Waals surface area contributed by atoms with Crippen molar-refractivity contribution in [3.05, 3.63) is 29.5 Å². The zero-order valence-corrected chi connectivity index (χ0v) is 7.69. The minimum absolute atomic E-state index is 0.163. The number of hydroxylamine groups is 2. The van der Waals surface area contributed by atoms with Gasteiger partial charge in [-0.15, -0.1) is 0 Å². The topological polar surface area (TPSA) is 32.3 Å². The molecule has 0 amide bonds. The molecule has 2 rings (SSSR count). The zero-order valence-electron chi connectivity index (χ0n) is 7.69. The third-order valence-corrected chi connectivity index (χ3v) is 2.58. The van der Waals surface area contributed by atoms with Gasteiger partial charge in [0.2, 0.25) is 0 Å². The van der Waals surface area contributed by atoms with Gasteiger partial charge in [-0.3, -0.25) is 0 Å². The lowest BCUT2D eigenvalue weighted by molar-refractivity contribution is 0.263. The monoisotopic (exact) mass is 179 g/mol. The molecule has 0 N–H and O–H groups in total. The van der Waals surface area contributed by atoms with Crippen molar-refractivity contribution in [1.82, 2.24) is 4.65 Å². The average molecular weight is 179 g/mol. The highest BCUT2D eigenvalue weighted by molar-refractivity contribution is 5.47. The maximum absolute atomic E-state index is 11.9. The SMILES string of the molecule is COc1ccc([N+]2([O-])CCC2)cc1. The molecule has 0 unspecified atom stereocenters. The first kappa shape index (κ1) is 8.53. The molecule has 1 aliphatic rings. The van der Waals surface area contributed by atoms with Crippen LogP contribution in [0.1, 0.15) is 6.42 Å². The number of nitrogens with zero attached hydrogens (tertiary/aromatic N) is 1. The third-order valence-electron chi connectivity index (χ3n) is 2.58. The number of benzene rings is 1. The molecule has 0 aromatic heterocycles. The Labute approximate surface area is 77.7 Å². The highest BCUT2D eigenvalue weighted by Crippen LogP contribution is 2.30. The van der Waals surface area contributed by atoms with E-state index in [4.69, 9.17) is 4.74 Å². The van der Waals surface area contributed by atoms with Crippen LogP contribution in [0.15, 0.2) is 24.3 Å². The molecule has 0 atom stereocenters. The lowest BCUT2D eigenvalue weighted by Gasteiger charge is -2.49. The summed E-state index contributed by atoms with van der Waals surface area (Å²) in [5.41, 5.74) is 0.840. The van der Waals surface area contributed by atoms with Crippen LogP contribution in [-0.2, 0) is 0 Å². The Hall–Kier alpha value is -1.06. The Morgan fingerprint density at radius 2 is 1.85 bits per heavy atom. The van der Waals surface area contributed by atoms with Gasteiger partial charge in [0, 0.05) is 18.6 Å². The smallest absolute Gasteiger partial charge is 0.133 e. The van der Waals surface area contributed by atoms with Crippen LogP contribution in [0.2, 0.25) is 0 Å². The first-order valence-corrected chi connectivity index (χ1v) is 4.47. The second-order valence-electron chi connectivity index (χ2n) is 3.39. The standard InChI is InChI=1S/C10H13NO2/c1-13-10-5-3-9(4-6-10)11(12)7-2-8-11/h3-6H,2,7-8H2,1H3. The van der Waals surface area contributed by atoms with Crippen molar-refractivity contribution >= 4 is 5.69 Å². The van der Waals surface area contributed by atoms with Gasteiger partial charge in [0.05, 0.1) is 20.2 Å². The number of hydrogen-bond acceptors (Lipinski definition) is 2. The fourth-order valence-electron chi connectivity index (χ4n) is 1.56. The zero-order chi connectivity index (χ0) is 9.31. The van der Waals surface area contributed by atoms with Crippen LogP contribution in [0.5, 0.6) is 5.75 Å². The predicted molar refractivity (Wildman–Crippen MR) is 52.5 cm³/mol. The van der Waals surface area contributed by atoms with E-state index in [1.165, 1.54) is 0 Å². The van der Waals surface area contributed by atoms with Crippen LogP contribution >= 0.6 is 0 Å². The van der Waals surface area contributed by atoms with Gasteiger partial charge in [-0.25, -0.2) is 0 Å². The van der Waals surface area contributed by atoms with E-state index in [0.717, 1.165) is 17.9 Å². The molecule has 1 aromatic carbocycles. The summed E-state index contributed by atoms with van der Waals surface area (Å²) < 4.78 is 4.86. The molecule has 0 bridgehead atoms. The fourth-order valence-corrected chi connectivity index (χ4v) is 1.56. The van der Waals surface area contributed by atoms with E-state index in [1.54, 1.807) is 7.11 Å². The molecule has 1 saturated heterocycles. The minimum Gasteiger partial charge on any atom is -0.627 e. The lowest BCUT2D eigenvalue weighted by atomic mass is 10.1. The molecule has 13 heavy (non-hydrogen) atoms. The molecule has 1 aliphatic heterocycles. The van der Waals surface area contributed by atoms with Crippen LogP contribution in [0.3, 0.4) is 0 Å². The summed E-state index contributed by atoms with van der Waals surface area (Å²) >= 11 is 0. The van der Waals surface area contributed by atoms with E-state index in [0.29, 0.717) is 13.1 Å². The number of rotatable bonds is 2. The van der Waals surface area contributed by atoms with E-state index >= 15 is 0 Å². The number of ether oxygens (including phenoxy) is 1. The predicted octanol–water partition coefficient (Wildman–Crippen LogP) is 1.90. The molecular formula is C10H13NO2. The number of quaternary nitrogens is 1. The van der Waals surface area contributed by atoms with Gasteiger partial charge in [-0.2, -0.15) is 0 Å². The minimum atomic E-state index is -0.163. The van der Waals surface area contributed by atoms with Gasteiger partial charge in [0.25, 0.3) is 0 Å². The molecule has 70 valence electrons. The summed E-state index contributed by atoms with van der Waals surface area (Å²) in [5, 5.41) is 11.9. The van der Waals surface area contributed by atoms with Gasteiger partial charge in [-0.1, -0.05) is 0 Å². The van der Waals surface area contributed by atoms with Crippen molar-refractivity contribution in [3.8, 4) is 5.75 Å². The molecule has 0 radical (unpaired) electrons. The summed E-state index contributed by atoms with van der Waals surface area (Å²) in [6, 6.07) is 7.38. The van der Waals surface area contributed by atoms with E-state index in [2.05, 4.69) is 0 Å². The van der Waals surface area contributed by atoms with Gasteiger partial charge in [-0.05, 0) is 12.1 Å². The fraction of sp³-hybridized carbons (Fsp3) is 0.400. The Morgan fingerprint density at radius 3 is 2.23 bits per heavy atom. The molecule has 0 saturated carbocycles. The normalized spacial score (nSPS) is 19.2. The average Bonchev–Trinajstić information content (AvgIpc) is 2.14. The highest BCUT2D eigenvalue weighted by Gasteiger charge is 2.28. The van der Waals surface area contributed by atoms with Crippen LogP contribution in [-0.4, -0.2) is 20.2 Å². The van der Waals surface area contributed by atoms with E-state index < -0.39 is 0 Å². The van der Waals surface area contributed by atoms with Crippen molar-refractivity contribution in [2.45, 2.75) is 6.42 Å². The van der Waals surface area contributed by atoms with Crippen molar-refractivity contribution in [2.24, 2.45) is 0 Å². The molecule has 1 aromatic rings. The van der Waals surface area contributed by atoms with Gasteiger partial charge < -0.3 is 14.6 Å². The van der Waals surface area contributed by atoms with Crippen LogP contribution in [0.25, 0.3) is 0 Å². The molecule has 3 heteroatoms. The summed E-state index contributed by atoms with van der Waals surface area (Å²) in [6.45, 7) is 1.43. The van der Waals surface area contributed by atoms with Gasteiger partial charge in [0.15, 0.2) is 0 Å². The maximum atomic E-state index is 11.9. The first-order valence-electron chi connectivity index (χ1n) is 4.47. The molecule has 3 nitrogen and oxygen atoms in total. The molecule has 0 spiro atoms. The van der Waals surface area contributed by atoms with Crippen molar-refractivity contribution in [2.75, 3.05) is 20.2 Å². The highest BCUT2D eigenvalue weighted by atomic mass is 16.6. The van der Waals surface area contributed by atoms with Crippen molar-refractivity contribution in [3.63, 3.8) is 0 Å². The Bertz CT molecular complexity index is 290. The van der Waals surface area contributed by atoms with Gasteiger partial charge in [0.1, 0.15) is 11.4 Å². The molecular weight excluding hydrogens is 166 g/mol. The molecule has 1 heterocycles. The second-order valence-corrected chi connectivity index (χ2v) is 3.39. The Morgan fingerprint density at radius 1 is 1.23 bits per heavy atom. The third kappa shape index (κ3) is 1.41.